The van der Waals surface area contributed by atoms with Gasteiger partial charge in [-0.15, -0.1) is 6.58 Å². The Bertz CT molecular complexity index is 279. The lowest BCUT2D eigenvalue weighted by Gasteiger charge is -2.13. The van der Waals surface area contributed by atoms with E-state index in [4.69, 9.17) is 4.74 Å². The van der Waals surface area contributed by atoms with E-state index >= 15 is 0 Å². The van der Waals surface area contributed by atoms with Crippen LogP contribution in [0.2, 0.25) is 0 Å². The van der Waals surface area contributed by atoms with Crippen LogP contribution in [-0.4, -0.2) is 13.7 Å². The summed E-state index contributed by atoms with van der Waals surface area (Å²) < 4.78 is 5.10. The number of likely N-dealkylation sites (N-methyl/N-ethyl adjacent to an activating group) is 1. The summed E-state index contributed by atoms with van der Waals surface area (Å²) in [6.45, 7) is 6.82. The Morgan fingerprint density at radius 2 is 2.07 bits per heavy atom. The summed E-state index contributed by atoms with van der Waals surface area (Å²) in [6, 6.07) is 8.25. The summed E-state index contributed by atoms with van der Waals surface area (Å²) in [6.07, 6.45) is 1.91. The Balaban J connectivity index is 2.78. The van der Waals surface area contributed by atoms with Crippen molar-refractivity contribution >= 4 is 0 Å². The van der Waals surface area contributed by atoms with Crippen molar-refractivity contribution in [2.45, 2.75) is 13.0 Å². The van der Waals surface area contributed by atoms with Gasteiger partial charge in [0, 0.05) is 0 Å². The molecule has 0 aliphatic heterocycles. The highest BCUT2D eigenvalue weighted by Crippen LogP contribution is 2.17. The highest BCUT2D eigenvalue weighted by atomic mass is 16.5. The maximum absolute atomic E-state index is 5.10. The van der Waals surface area contributed by atoms with Crippen LogP contribution in [0.5, 0.6) is 5.75 Å². The Kier molecular flexibility index (Phi) is 4.20. The number of methoxy groups -OCH3 is 1. The van der Waals surface area contributed by atoms with E-state index in [0.29, 0.717) is 0 Å². The van der Waals surface area contributed by atoms with Crippen molar-refractivity contribution < 1.29 is 4.74 Å². The maximum Gasteiger partial charge on any atom is 0.118 e. The Morgan fingerprint density at radius 3 is 2.50 bits per heavy atom. The van der Waals surface area contributed by atoms with Crippen molar-refractivity contribution in [3.63, 3.8) is 0 Å². The van der Waals surface area contributed by atoms with E-state index in [2.05, 4.69) is 18.8 Å². The van der Waals surface area contributed by atoms with Crippen LogP contribution in [0.25, 0.3) is 0 Å². The molecule has 2 nitrogen and oxygen atoms in total. The molecule has 1 aromatic rings. The van der Waals surface area contributed by atoms with Gasteiger partial charge in [0.1, 0.15) is 5.75 Å². The van der Waals surface area contributed by atoms with Gasteiger partial charge in [-0.1, -0.05) is 25.1 Å². The molecule has 1 atom stereocenters. The van der Waals surface area contributed by atoms with E-state index < -0.39 is 0 Å². The molecule has 1 aromatic carbocycles. The second-order valence-corrected chi connectivity index (χ2v) is 3.04. The van der Waals surface area contributed by atoms with E-state index in [-0.39, 0.29) is 6.04 Å². The van der Waals surface area contributed by atoms with Crippen molar-refractivity contribution in [2.24, 2.45) is 0 Å². The van der Waals surface area contributed by atoms with Crippen molar-refractivity contribution in [1.29, 1.82) is 0 Å². The molecule has 1 rings (SSSR count). The van der Waals surface area contributed by atoms with Crippen LogP contribution in [0.15, 0.2) is 36.9 Å². The third-order valence-corrected chi connectivity index (χ3v) is 2.13. The van der Waals surface area contributed by atoms with Gasteiger partial charge in [-0.05, 0) is 24.2 Å². The van der Waals surface area contributed by atoms with Crippen LogP contribution in [0.1, 0.15) is 18.5 Å². The third kappa shape index (κ3) is 2.60. The molecule has 2 heteroatoms. The second-order valence-electron chi connectivity index (χ2n) is 3.04. The maximum atomic E-state index is 5.10. The first-order valence-electron chi connectivity index (χ1n) is 4.81. The van der Waals surface area contributed by atoms with E-state index in [0.717, 1.165) is 12.3 Å². The SMILES string of the molecule is C=CC(NCC)c1ccc(OC)cc1. The summed E-state index contributed by atoms with van der Waals surface area (Å²) in [5.41, 5.74) is 1.21. The molecule has 76 valence electrons. The highest BCUT2D eigenvalue weighted by Gasteiger charge is 2.04. The molecular formula is C12H17NO. The molecule has 0 aliphatic rings. The van der Waals surface area contributed by atoms with E-state index in [1.165, 1.54) is 5.56 Å². The van der Waals surface area contributed by atoms with Gasteiger partial charge in [0.15, 0.2) is 0 Å². The van der Waals surface area contributed by atoms with Crippen molar-refractivity contribution in [1.82, 2.24) is 5.32 Å². The molecule has 0 aromatic heterocycles. The lowest BCUT2D eigenvalue weighted by Crippen LogP contribution is -2.18. The summed E-state index contributed by atoms with van der Waals surface area (Å²) in [5, 5.41) is 3.33. The zero-order valence-corrected chi connectivity index (χ0v) is 8.79. The van der Waals surface area contributed by atoms with Gasteiger partial charge in [-0.3, -0.25) is 0 Å². The molecule has 0 spiro atoms. The van der Waals surface area contributed by atoms with Gasteiger partial charge in [0.05, 0.1) is 13.2 Å². The third-order valence-electron chi connectivity index (χ3n) is 2.13. The molecule has 1 unspecified atom stereocenters. The average molecular weight is 191 g/mol. The lowest BCUT2D eigenvalue weighted by atomic mass is 10.1. The molecule has 1 N–H and O–H groups in total. The molecule has 0 saturated heterocycles. The zero-order valence-electron chi connectivity index (χ0n) is 8.79. The monoisotopic (exact) mass is 191 g/mol. The van der Waals surface area contributed by atoms with Crippen LogP contribution in [0, 0.1) is 0 Å². The normalized spacial score (nSPS) is 12.1. The molecule has 0 radical (unpaired) electrons. The number of nitrogens with one attached hydrogen (secondary N) is 1. The molecule has 0 fully saturated rings. The van der Waals surface area contributed by atoms with Crippen LogP contribution >= 0.6 is 0 Å². The fourth-order valence-electron chi connectivity index (χ4n) is 1.37. The van der Waals surface area contributed by atoms with Gasteiger partial charge in [-0.2, -0.15) is 0 Å². The number of ether oxygens (including phenoxy) is 1. The van der Waals surface area contributed by atoms with Gasteiger partial charge < -0.3 is 10.1 Å². The molecule has 0 bridgehead atoms. The van der Waals surface area contributed by atoms with Gasteiger partial charge >= 0.3 is 0 Å². The molecule has 0 saturated carbocycles. The Labute approximate surface area is 85.6 Å². The predicted octanol–water partition coefficient (Wildman–Crippen LogP) is 2.53. The van der Waals surface area contributed by atoms with E-state index in [9.17, 15) is 0 Å². The topological polar surface area (TPSA) is 21.3 Å². The fourth-order valence-corrected chi connectivity index (χ4v) is 1.37. The van der Waals surface area contributed by atoms with E-state index in [1.807, 2.05) is 30.3 Å². The molecule has 0 heterocycles. The van der Waals surface area contributed by atoms with Crippen LogP contribution in [0.4, 0.5) is 0 Å². The van der Waals surface area contributed by atoms with Gasteiger partial charge in [-0.25, -0.2) is 0 Å². The predicted molar refractivity (Wildman–Crippen MR) is 59.6 cm³/mol. The molecular weight excluding hydrogens is 174 g/mol. The summed E-state index contributed by atoms with van der Waals surface area (Å²) in [7, 11) is 1.67. The van der Waals surface area contributed by atoms with E-state index in [1.54, 1.807) is 7.11 Å². The van der Waals surface area contributed by atoms with Crippen LogP contribution in [0.3, 0.4) is 0 Å². The Morgan fingerprint density at radius 1 is 1.43 bits per heavy atom. The lowest BCUT2D eigenvalue weighted by molar-refractivity contribution is 0.414. The summed E-state index contributed by atoms with van der Waals surface area (Å²) >= 11 is 0. The van der Waals surface area contributed by atoms with Crippen molar-refractivity contribution in [2.75, 3.05) is 13.7 Å². The standard InChI is InChI=1S/C12H17NO/c1-4-12(13-5-2)10-6-8-11(14-3)9-7-10/h4,6-9,12-13H,1,5H2,2-3H3. The number of hydrogen-bond donors (Lipinski definition) is 1. The molecule has 0 amide bonds. The minimum atomic E-state index is 0.228. The van der Waals surface area contributed by atoms with Gasteiger partial charge in [0.25, 0.3) is 0 Å². The van der Waals surface area contributed by atoms with Crippen LogP contribution in [-0.2, 0) is 0 Å². The van der Waals surface area contributed by atoms with Crippen molar-refractivity contribution in [3.05, 3.63) is 42.5 Å². The summed E-state index contributed by atoms with van der Waals surface area (Å²) in [5.74, 6) is 0.882. The zero-order chi connectivity index (χ0) is 10.4. The average Bonchev–Trinajstić information content (AvgIpc) is 2.26. The second kappa shape index (κ2) is 5.45. The minimum Gasteiger partial charge on any atom is -0.497 e. The Hall–Kier alpha value is -1.28. The first-order valence-corrected chi connectivity index (χ1v) is 4.81. The summed E-state index contributed by atoms with van der Waals surface area (Å²) in [4.78, 5) is 0. The van der Waals surface area contributed by atoms with Crippen molar-refractivity contribution in [3.8, 4) is 5.75 Å². The fraction of sp³-hybridized carbons (Fsp3) is 0.333. The van der Waals surface area contributed by atoms with Crippen LogP contribution < -0.4 is 10.1 Å². The first-order chi connectivity index (χ1) is 6.81. The minimum absolute atomic E-state index is 0.228. The largest absolute Gasteiger partial charge is 0.497 e. The smallest absolute Gasteiger partial charge is 0.118 e. The number of benzene rings is 1. The number of hydrogen-bond acceptors (Lipinski definition) is 2. The first kappa shape index (κ1) is 10.8. The number of rotatable bonds is 5. The van der Waals surface area contributed by atoms with Gasteiger partial charge in [0.2, 0.25) is 0 Å². The quantitative estimate of drug-likeness (QED) is 0.722. The molecule has 0 aliphatic carbocycles. The highest BCUT2D eigenvalue weighted by molar-refractivity contribution is 5.30. The molecule has 14 heavy (non-hydrogen) atoms.